The summed E-state index contributed by atoms with van der Waals surface area (Å²) in [7, 11) is -3.79. The minimum atomic E-state index is -3.79. The highest BCUT2D eigenvalue weighted by Crippen LogP contribution is 2.36. The van der Waals surface area contributed by atoms with Crippen LogP contribution in [0.5, 0.6) is 11.5 Å². The molecule has 0 unspecified atom stereocenters. The minimum Gasteiger partial charge on any atom is -0.486 e. The van der Waals surface area contributed by atoms with Crippen molar-refractivity contribution in [3.63, 3.8) is 0 Å². The van der Waals surface area contributed by atoms with Gasteiger partial charge >= 0.3 is 0 Å². The van der Waals surface area contributed by atoms with Gasteiger partial charge in [0.1, 0.15) is 18.1 Å². The maximum atomic E-state index is 12.7. The topological polar surface area (TPSA) is 90.7 Å². The van der Waals surface area contributed by atoms with Crippen LogP contribution in [0.4, 0.5) is 0 Å². The number of carbonyl (C=O) groups is 1. The SMILES string of the molecule is CCn1c(-c2ccc3c(c2)OCCO3)cnc1SCCN1C(=O)c2ccccc2S1(=O)=O. The van der Waals surface area contributed by atoms with Gasteiger partial charge in [0, 0.05) is 24.4 Å². The molecule has 0 bridgehead atoms. The quantitative estimate of drug-likeness (QED) is 0.510. The molecule has 2 aliphatic rings. The van der Waals surface area contributed by atoms with Gasteiger partial charge in [-0.25, -0.2) is 17.7 Å². The third-order valence-electron chi connectivity index (χ3n) is 5.41. The monoisotopic (exact) mass is 471 g/mol. The first-order valence-electron chi connectivity index (χ1n) is 10.2. The molecule has 2 aromatic carbocycles. The van der Waals surface area contributed by atoms with Gasteiger partial charge in [-0.2, -0.15) is 0 Å². The van der Waals surface area contributed by atoms with Crippen LogP contribution < -0.4 is 9.47 Å². The largest absolute Gasteiger partial charge is 0.486 e. The first-order valence-corrected chi connectivity index (χ1v) is 12.7. The molecule has 166 valence electrons. The zero-order chi connectivity index (χ0) is 22.3. The first-order chi connectivity index (χ1) is 15.5. The summed E-state index contributed by atoms with van der Waals surface area (Å²) in [6.07, 6.45) is 1.80. The van der Waals surface area contributed by atoms with E-state index in [1.807, 2.05) is 25.1 Å². The molecule has 1 amide bonds. The summed E-state index contributed by atoms with van der Waals surface area (Å²) >= 11 is 1.42. The lowest BCUT2D eigenvalue weighted by atomic mass is 10.1. The first kappa shape index (κ1) is 20.9. The number of hydrogen-bond acceptors (Lipinski definition) is 7. The highest BCUT2D eigenvalue weighted by atomic mass is 32.2. The molecule has 10 heteroatoms. The number of carbonyl (C=O) groups excluding carboxylic acids is 1. The van der Waals surface area contributed by atoms with Crippen LogP contribution in [0.1, 0.15) is 17.3 Å². The fourth-order valence-corrected chi connectivity index (χ4v) is 6.54. The fraction of sp³-hybridized carbons (Fsp3) is 0.273. The van der Waals surface area contributed by atoms with E-state index >= 15 is 0 Å². The zero-order valence-electron chi connectivity index (χ0n) is 17.4. The van der Waals surface area contributed by atoms with E-state index in [9.17, 15) is 13.2 Å². The Bertz CT molecular complexity index is 1300. The minimum absolute atomic E-state index is 0.0750. The van der Waals surface area contributed by atoms with Gasteiger partial charge < -0.3 is 14.0 Å². The summed E-state index contributed by atoms with van der Waals surface area (Å²) in [5.74, 6) is 1.37. The molecule has 0 saturated heterocycles. The van der Waals surface area contributed by atoms with Crippen molar-refractivity contribution in [3.8, 4) is 22.8 Å². The Balaban J connectivity index is 1.32. The van der Waals surface area contributed by atoms with E-state index < -0.39 is 15.9 Å². The summed E-state index contributed by atoms with van der Waals surface area (Å²) in [4.78, 5) is 17.2. The van der Waals surface area contributed by atoms with Gasteiger partial charge in [0.15, 0.2) is 16.7 Å². The van der Waals surface area contributed by atoms with Crippen molar-refractivity contribution in [2.24, 2.45) is 0 Å². The second-order valence-electron chi connectivity index (χ2n) is 7.26. The third-order valence-corrected chi connectivity index (χ3v) is 8.22. The molecule has 5 rings (SSSR count). The number of sulfonamides is 1. The maximum Gasteiger partial charge on any atom is 0.269 e. The molecule has 2 aliphatic heterocycles. The molecule has 0 saturated carbocycles. The van der Waals surface area contributed by atoms with E-state index in [-0.39, 0.29) is 17.0 Å². The van der Waals surface area contributed by atoms with Crippen LogP contribution in [0, 0.1) is 0 Å². The summed E-state index contributed by atoms with van der Waals surface area (Å²) in [5, 5.41) is 0.763. The molecule has 32 heavy (non-hydrogen) atoms. The summed E-state index contributed by atoms with van der Waals surface area (Å²) in [5.41, 5.74) is 2.13. The Morgan fingerprint density at radius 1 is 1.09 bits per heavy atom. The van der Waals surface area contributed by atoms with Crippen LogP contribution in [0.15, 0.2) is 58.7 Å². The van der Waals surface area contributed by atoms with Gasteiger partial charge in [0.05, 0.1) is 17.5 Å². The van der Waals surface area contributed by atoms with Gasteiger partial charge in [-0.1, -0.05) is 23.9 Å². The molecule has 0 fully saturated rings. The second-order valence-corrected chi connectivity index (χ2v) is 10.1. The maximum absolute atomic E-state index is 12.7. The average molecular weight is 472 g/mol. The average Bonchev–Trinajstić information content (AvgIpc) is 3.31. The number of amides is 1. The molecule has 0 atom stereocenters. The lowest BCUT2D eigenvalue weighted by Gasteiger charge is -2.19. The van der Waals surface area contributed by atoms with E-state index in [0.29, 0.717) is 31.3 Å². The Morgan fingerprint density at radius 3 is 2.66 bits per heavy atom. The molecule has 0 N–H and O–H groups in total. The van der Waals surface area contributed by atoms with Crippen molar-refractivity contribution in [3.05, 3.63) is 54.2 Å². The second kappa shape index (κ2) is 8.18. The van der Waals surface area contributed by atoms with Crippen LogP contribution in [0.3, 0.4) is 0 Å². The van der Waals surface area contributed by atoms with E-state index in [0.717, 1.165) is 26.5 Å². The normalized spacial score (nSPS) is 16.3. The van der Waals surface area contributed by atoms with Crippen molar-refractivity contribution < 1.29 is 22.7 Å². The molecule has 0 spiro atoms. The molecular formula is C22H21N3O5S2. The number of ether oxygens (including phenoxy) is 2. The highest BCUT2D eigenvalue weighted by Gasteiger charge is 2.40. The van der Waals surface area contributed by atoms with Gasteiger partial charge in [0.2, 0.25) is 0 Å². The van der Waals surface area contributed by atoms with Crippen LogP contribution in [0.2, 0.25) is 0 Å². The molecule has 3 aromatic rings. The number of benzene rings is 2. The lowest BCUT2D eigenvalue weighted by molar-refractivity contribution is 0.0876. The molecule has 8 nitrogen and oxygen atoms in total. The van der Waals surface area contributed by atoms with Gasteiger partial charge in [-0.15, -0.1) is 0 Å². The number of aromatic nitrogens is 2. The molecule has 3 heterocycles. The number of rotatable bonds is 6. The Hall–Kier alpha value is -2.98. The van der Waals surface area contributed by atoms with Crippen molar-refractivity contribution in [1.82, 2.24) is 13.9 Å². The van der Waals surface area contributed by atoms with Crippen LogP contribution in [-0.2, 0) is 16.6 Å². The van der Waals surface area contributed by atoms with E-state index in [4.69, 9.17) is 9.47 Å². The van der Waals surface area contributed by atoms with Gasteiger partial charge in [-0.05, 0) is 37.3 Å². The Kier molecular flexibility index (Phi) is 5.34. The smallest absolute Gasteiger partial charge is 0.269 e. The number of hydrogen-bond donors (Lipinski definition) is 0. The van der Waals surface area contributed by atoms with Gasteiger partial charge in [-0.3, -0.25) is 4.79 Å². The molecular weight excluding hydrogens is 450 g/mol. The zero-order valence-corrected chi connectivity index (χ0v) is 19.0. The Labute approximate surface area is 190 Å². The van der Waals surface area contributed by atoms with Crippen LogP contribution in [0.25, 0.3) is 11.3 Å². The van der Waals surface area contributed by atoms with Crippen molar-refractivity contribution >= 4 is 27.7 Å². The van der Waals surface area contributed by atoms with E-state index in [1.54, 1.807) is 24.4 Å². The molecule has 0 radical (unpaired) electrons. The summed E-state index contributed by atoms with van der Waals surface area (Å²) in [6, 6.07) is 12.1. The molecule has 1 aromatic heterocycles. The van der Waals surface area contributed by atoms with Crippen molar-refractivity contribution in [2.45, 2.75) is 23.5 Å². The van der Waals surface area contributed by atoms with Crippen molar-refractivity contribution in [2.75, 3.05) is 25.5 Å². The fourth-order valence-electron chi connectivity index (χ4n) is 3.88. The predicted octanol–water partition coefficient (Wildman–Crippen LogP) is 3.28. The standard InChI is InChI=1S/C22H21N3O5S2/c1-2-24-17(15-7-8-18-19(13-15)30-11-10-29-18)14-23-22(24)31-12-9-25-21(26)16-5-3-4-6-20(16)32(25,27)28/h3-8,13-14H,2,9-12H2,1H3. The number of fused-ring (bicyclic) bond motifs is 2. The van der Waals surface area contributed by atoms with E-state index in [1.165, 1.54) is 17.8 Å². The number of thioether (sulfide) groups is 1. The van der Waals surface area contributed by atoms with Crippen molar-refractivity contribution in [1.29, 1.82) is 0 Å². The van der Waals surface area contributed by atoms with Gasteiger partial charge in [0.25, 0.3) is 15.9 Å². The molecule has 0 aliphatic carbocycles. The predicted molar refractivity (Wildman–Crippen MR) is 120 cm³/mol. The third kappa shape index (κ3) is 3.43. The van der Waals surface area contributed by atoms with Crippen LogP contribution >= 0.6 is 11.8 Å². The number of imidazole rings is 1. The summed E-state index contributed by atoms with van der Waals surface area (Å²) < 4.78 is 39.7. The lowest BCUT2D eigenvalue weighted by Crippen LogP contribution is -2.32. The highest BCUT2D eigenvalue weighted by molar-refractivity contribution is 7.99. The number of nitrogens with zero attached hydrogens (tertiary/aromatic N) is 3. The van der Waals surface area contributed by atoms with E-state index in [2.05, 4.69) is 9.55 Å². The van der Waals surface area contributed by atoms with Crippen LogP contribution in [-0.4, -0.2) is 53.7 Å². The summed E-state index contributed by atoms with van der Waals surface area (Å²) in [6.45, 7) is 3.86. The Morgan fingerprint density at radius 2 is 1.88 bits per heavy atom.